The van der Waals surface area contributed by atoms with Gasteiger partial charge in [0.15, 0.2) is 0 Å². The van der Waals surface area contributed by atoms with Crippen LogP contribution in [0.4, 0.5) is 0 Å². The van der Waals surface area contributed by atoms with E-state index >= 15 is 0 Å². The molecule has 1 saturated heterocycles. The first-order valence-corrected chi connectivity index (χ1v) is 4.75. The van der Waals surface area contributed by atoms with Crippen LogP contribution in [0.5, 0.6) is 0 Å². The number of rotatable bonds is 2. The summed E-state index contributed by atoms with van der Waals surface area (Å²) in [6.45, 7) is 1.80. The van der Waals surface area contributed by atoms with Crippen LogP contribution >= 0.6 is 0 Å². The molecule has 2 aromatic heterocycles. The highest BCUT2D eigenvalue weighted by Crippen LogP contribution is 2.19. The molecule has 76 valence electrons. The Bertz CT molecular complexity index is 451. The minimum atomic E-state index is 0.343. The Hall–Kier alpha value is -1.82. The standard InChI is InChI=1S/C9H9N5O/c1-2-11-7(12-3-1)8-13-9(15-14-8)6-4-10-5-6/h1-3,6,10H,4-5H2. The molecule has 0 amide bonds. The van der Waals surface area contributed by atoms with Gasteiger partial charge in [0.1, 0.15) is 0 Å². The molecule has 1 aliphatic heterocycles. The normalized spacial score (nSPS) is 16.3. The van der Waals surface area contributed by atoms with E-state index in [9.17, 15) is 0 Å². The molecule has 6 heteroatoms. The Kier molecular flexibility index (Phi) is 1.92. The van der Waals surface area contributed by atoms with E-state index in [4.69, 9.17) is 4.52 Å². The van der Waals surface area contributed by atoms with Gasteiger partial charge in [-0.25, -0.2) is 9.97 Å². The van der Waals surface area contributed by atoms with Crippen molar-refractivity contribution in [3.05, 3.63) is 24.4 Å². The maximum Gasteiger partial charge on any atom is 0.240 e. The first-order valence-electron chi connectivity index (χ1n) is 4.75. The fourth-order valence-corrected chi connectivity index (χ4v) is 1.37. The molecule has 0 aliphatic carbocycles. The SMILES string of the molecule is c1cnc(-c2noc(C3CNC3)n2)nc1. The molecular formula is C9H9N5O. The average molecular weight is 203 g/mol. The summed E-state index contributed by atoms with van der Waals surface area (Å²) in [5.74, 6) is 1.96. The monoisotopic (exact) mass is 203 g/mol. The lowest BCUT2D eigenvalue weighted by atomic mass is 10.0. The van der Waals surface area contributed by atoms with Crippen molar-refractivity contribution in [2.45, 2.75) is 5.92 Å². The molecule has 0 spiro atoms. The number of nitrogens with zero attached hydrogens (tertiary/aromatic N) is 4. The second-order valence-electron chi connectivity index (χ2n) is 3.38. The number of aromatic nitrogens is 4. The number of hydrogen-bond donors (Lipinski definition) is 1. The Morgan fingerprint density at radius 1 is 1.20 bits per heavy atom. The van der Waals surface area contributed by atoms with Crippen molar-refractivity contribution in [3.63, 3.8) is 0 Å². The number of hydrogen-bond acceptors (Lipinski definition) is 6. The van der Waals surface area contributed by atoms with Gasteiger partial charge in [-0.2, -0.15) is 4.98 Å². The highest BCUT2D eigenvalue weighted by Gasteiger charge is 2.25. The summed E-state index contributed by atoms with van der Waals surface area (Å²) in [5.41, 5.74) is 0. The minimum absolute atomic E-state index is 0.343. The smallest absolute Gasteiger partial charge is 0.240 e. The topological polar surface area (TPSA) is 76.7 Å². The highest BCUT2D eigenvalue weighted by molar-refractivity contribution is 5.40. The molecule has 0 unspecified atom stereocenters. The summed E-state index contributed by atoms with van der Waals surface area (Å²) in [7, 11) is 0. The first kappa shape index (κ1) is 8.49. The summed E-state index contributed by atoms with van der Waals surface area (Å²) in [5, 5.41) is 7.00. The molecule has 1 aliphatic rings. The predicted molar refractivity (Wildman–Crippen MR) is 50.9 cm³/mol. The van der Waals surface area contributed by atoms with Crippen molar-refractivity contribution in [1.82, 2.24) is 25.4 Å². The summed E-state index contributed by atoms with van der Waals surface area (Å²) in [6.07, 6.45) is 3.31. The zero-order valence-corrected chi connectivity index (χ0v) is 7.92. The molecule has 0 bridgehead atoms. The molecule has 0 atom stereocenters. The van der Waals surface area contributed by atoms with Gasteiger partial charge in [-0.1, -0.05) is 5.16 Å². The Morgan fingerprint density at radius 2 is 2.00 bits per heavy atom. The first-order chi connectivity index (χ1) is 7.43. The summed E-state index contributed by atoms with van der Waals surface area (Å²) in [6, 6.07) is 1.75. The van der Waals surface area contributed by atoms with Gasteiger partial charge in [0, 0.05) is 25.5 Å². The van der Waals surface area contributed by atoms with Gasteiger partial charge in [-0.05, 0) is 6.07 Å². The van der Waals surface area contributed by atoms with E-state index < -0.39 is 0 Å². The minimum Gasteiger partial charge on any atom is -0.338 e. The van der Waals surface area contributed by atoms with Gasteiger partial charge in [0.05, 0.1) is 5.92 Å². The van der Waals surface area contributed by atoms with Crippen molar-refractivity contribution in [3.8, 4) is 11.6 Å². The number of nitrogens with one attached hydrogen (secondary N) is 1. The van der Waals surface area contributed by atoms with Crippen molar-refractivity contribution in [2.75, 3.05) is 13.1 Å². The Balaban J connectivity index is 1.90. The van der Waals surface area contributed by atoms with Crippen molar-refractivity contribution in [2.24, 2.45) is 0 Å². The van der Waals surface area contributed by atoms with Crippen molar-refractivity contribution in [1.29, 1.82) is 0 Å². The van der Waals surface area contributed by atoms with E-state index in [2.05, 4.69) is 25.4 Å². The lowest BCUT2D eigenvalue weighted by Crippen LogP contribution is -2.40. The van der Waals surface area contributed by atoms with E-state index in [0.29, 0.717) is 23.5 Å². The van der Waals surface area contributed by atoms with Crippen LogP contribution in [-0.4, -0.2) is 33.2 Å². The fourth-order valence-electron chi connectivity index (χ4n) is 1.37. The predicted octanol–water partition coefficient (Wildman–Crippen LogP) is 0.213. The molecule has 3 heterocycles. The van der Waals surface area contributed by atoms with Crippen LogP contribution in [0.2, 0.25) is 0 Å². The van der Waals surface area contributed by atoms with Crippen LogP contribution in [-0.2, 0) is 0 Å². The average Bonchev–Trinajstić information content (AvgIpc) is 2.66. The second kappa shape index (κ2) is 3.39. The van der Waals surface area contributed by atoms with Crippen LogP contribution in [0.1, 0.15) is 11.8 Å². The van der Waals surface area contributed by atoms with Gasteiger partial charge in [-0.3, -0.25) is 0 Å². The summed E-state index contributed by atoms with van der Waals surface area (Å²) >= 11 is 0. The molecule has 15 heavy (non-hydrogen) atoms. The van der Waals surface area contributed by atoms with Crippen LogP contribution in [0.15, 0.2) is 23.0 Å². The molecule has 0 radical (unpaired) electrons. The van der Waals surface area contributed by atoms with E-state index in [1.54, 1.807) is 18.5 Å². The zero-order valence-electron chi connectivity index (χ0n) is 7.92. The second-order valence-corrected chi connectivity index (χ2v) is 3.38. The molecule has 2 aromatic rings. The van der Waals surface area contributed by atoms with Crippen molar-refractivity contribution < 1.29 is 4.52 Å². The van der Waals surface area contributed by atoms with Gasteiger partial charge >= 0.3 is 0 Å². The zero-order chi connectivity index (χ0) is 10.1. The maximum absolute atomic E-state index is 5.14. The van der Waals surface area contributed by atoms with E-state index in [1.807, 2.05) is 0 Å². The van der Waals surface area contributed by atoms with E-state index in [-0.39, 0.29) is 0 Å². The third kappa shape index (κ3) is 1.48. The van der Waals surface area contributed by atoms with Crippen molar-refractivity contribution >= 4 is 0 Å². The van der Waals surface area contributed by atoms with Gasteiger partial charge in [-0.15, -0.1) is 0 Å². The highest BCUT2D eigenvalue weighted by atomic mass is 16.5. The molecule has 1 N–H and O–H groups in total. The molecule has 6 nitrogen and oxygen atoms in total. The largest absolute Gasteiger partial charge is 0.338 e. The van der Waals surface area contributed by atoms with Crippen LogP contribution in [0.3, 0.4) is 0 Å². The van der Waals surface area contributed by atoms with Gasteiger partial charge in [0.2, 0.25) is 17.5 Å². The lowest BCUT2D eigenvalue weighted by molar-refractivity contribution is 0.308. The Labute approximate surface area is 85.8 Å². The lowest BCUT2D eigenvalue weighted by Gasteiger charge is -2.22. The maximum atomic E-state index is 5.14. The molecule has 0 saturated carbocycles. The fraction of sp³-hybridized carbons (Fsp3) is 0.333. The van der Waals surface area contributed by atoms with Crippen LogP contribution in [0, 0.1) is 0 Å². The van der Waals surface area contributed by atoms with E-state index in [1.165, 1.54) is 0 Å². The Morgan fingerprint density at radius 3 is 2.67 bits per heavy atom. The third-order valence-corrected chi connectivity index (χ3v) is 2.34. The summed E-state index contributed by atoms with van der Waals surface area (Å²) in [4.78, 5) is 12.4. The van der Waals surface area contributed by atoms with E-state index in [0.717, 1.165) is 13.1 Å². The summed E-state index contributed by atoms with van der Waals surface area (Å²) < 4.78 is 5.14. The molecular weight excluding hydrogens is 194 g/mol. The molecule has 0 aromatic carbocycles. The third-order valence-electron chi connectivity index (χ3n) is 2.34. The van der Waals surface area contributed by atoms with Crippen LogP contribution < -0.4 is 5.32 Å². The quantitative estimate of drug-likeness (QED) is 0.752. The molecule has 3 rings (SSSR count). The van der Waals surface area contributed by atoms with Crippen LogP contribution in [0.25, 0.3) is 11.6 Å². The molecule has 1 fully saturated rings. The van der Waals surface area contributed by atoms with Gasteiger partial charge in [0.25, 0.3) is 0 Å². The van der Waals surface area contributed by atoms with Gasteiger partial charge < -0.3 is 9.84 Å².